The summed E-state index contributed by atoms with van der Waals surface area (Å²) in [5.74, 6) is -0.675. The maximum atomic E-state index is 14.0. The average Bonchev–Trinajstić information content (AvgIpc) is 2.80. The summed E-state index contributed by atoms with van der Waals surface area (Å²) in [5.41, 5.74) is 1.79. The molecule has 1 unspecified atom stereocenters. The zero-order valence-electron chi connectivity index (χ0n) is 17.8. The third-order valence-electron chi connectivity index (χ3n) is 5.68. The summed E-state index contributed by atoms with van der Waals surface area (Å²) in [6.45, 7) is 6.39. The summed E-state index contributed by atoms with van der Waals surface area (Å²) in [4.78, 5) is 32.2. The average molecular weight is 441 g/mol. The molecule has 0 spiro atoms. The second-order valence-electron chi connectivity index (χ2n) is 7.69. The summed E-state index contributed by atoms with van der Waals surface area (Å²) in [7, 11) is 0. The number of ether oxygens (including phenoxy) is 2. The van der Waals surface area contributed by atoms with Crippen LogP contribution in [-0.2, 0) is 25.5 Å². The molecule has 2 aliphatic rings. The van der Waals surface area contributed by atoms with Crippen molar-refractivity contribution in [2.45, 2.75) is 23.0 Å². The second kappa shape index (κ2) is 9.85. The lowest BCUT2D eigenvalue weighted by Crippen LogP contribution is -2.58. The molecule has 0 aliphatic carbocycles. The third kappa shape index (κ3) is 4.63. The van der Waals surface area contributed by atoms with Crippen LogP contribution in [0.4, 0.5) is 5.69 Å². The van der Waals surface area contributed by atoms with Crippen molar-refractivity contribution in [2.24, 2.45) is 0 Å². The number of nitrogens with zero attached hydrogens (tertiary/aromatic N) is 2. The number of anilines is 1. The molecule has 1 saturated heterocycles. The number of benzene rings is 2. The van der Waals surface area contributed by atoms with Crippen LogP contribution >= 0.6 is 11.8 Å². The number of esters is 1. The zero-order valence-corrected chi connectivity index (χ0v) is 18.6. The van der Waals surface area contributed by atoms with Crippen molar-refractivity contribution in [3.05, 3.63) is 60.2 Å². The molecule has 1 atom stereocenters. The minimum absolute atomic E-state index is 0.202. The van der Waals surface area contributed by atoms with Gasteiger partial charge in [-0.05, 0) is 24.6 Å². The van der Waals surface area contributed by atoms with Gasteiger partial charge in [0.15, 0.2) is 0 Å². The summed E-state index contributed by atoms with van der Waals surface area (Å²) in [5, 5.41) is 0. The molecule has 6 nitrogen and oxygen atoms in total. The molecule has 2 aromatic carbocycles. The van der Waals surface area contributed by atoms with Gasteiger partial charge in [0.25, 0.3) is 5.91 Å². The Kier molecular flexibility index (Phi) is 6.95. The molecule has 0 aromatic heterocycles. The van der Waals surface area contributed by atoms with Gasteiger partial charge in [-0.1, -0.05) is 54.2 Å². The summed E-state index contributed by atoms with van der Waals surface area (Å²) >= 11 is 1.32. The Bertz CT molecular complexity index is 917. The summed E-state index contributed by atoms with van der Waals surface area (Å²) in [6.07, 6.45) is 0.290. The molecule has 164 valence electrons. The molecule has 31 heavy (non-hydrogen) atoms. The number of hydrogen-bond acceptors (Lipinski definition) is 6. The van der Waals surface area contributed by atoms with Crippen LogP contribution in [-0.4, -0.2) is 67.5 Å². The van der Waals surface area contributed by atoms with Crippen LogP contribution < -0.4 is 4.90 Å². The van der Waals surface area contributed by atoms with Crippen LogP contribution in [0.15, 0.2) is 59.5 Å². The lowest BCUT2D eigenvalue weighted by atomic mass is 9.95. The van der Waals surface area contributed by atoms with E-state index in [1.165, 1.54) is 11.8 Å². The first-order valence-corrected chi connectivity index (χ1v) is 11.6. The van der Waals surface area contributed by atoms with Crippen LogP contribution in [0.3, 0.4) is 0 Å². The van der Waals surface area contributed by atoms with Gasteiger partial charge in [-0.2, -0.15) is 0 Å². The topological polar surface area (TPSA) is 59.1 Å². The number of amides is 1. The van der Waals surface area contributed by atoms with Crippen molar-refractivity contribution < 1.29 is 19.1 Å². The van der Waals surface area contributed by atoms with E-state index in [-0.39, 0.29) is 12.5 Å². The highest BCUT2D eigenvalue weighted by atomic mass is 32.2. The minimum Gasteiger partial charge on any atom is -0.465 e. The number of thioether (sulfide) groups is 1. The number of rotatable bonds is 7. The Morgan fingerprint density at radius 2 is 1.77 bits per heavy atom. The highest BCUT2D eigenvalue weighted by Crippen LogP contribution is 2.47. The van der Waals surface area contributed by atoms with Gasteiger partial charge in [-0.15, -0.1) is 0 Å². The molecule has 2 aliphatic heterocycles. The van der Waals surface area contributed by atoms with Gasteiger partial charge < -0.3 is 14.4 Å². The van der Waals surface area contributed by atoms with Gasteiger partial charge in [0.2, 0.25) is 4.75 Å². The smallest absolute Gasteiger partial charge is 0.332 e. The van der Waals surface area contributed by atoms with E-state index in [4.69, 9.17) is 9.47 Å². The number of para-hydroxylation sites is 1. The quantitative estimate of drug-likeness (QED) is 0.487. The maximum Gasteiger partial charge on any atom is 0.332 e. The third-order valence-corrected chi connectivity index (χ3v) is 7.07. The number of morpholine rings is 1. The fourth-order valence-electron chi connectivity index (χ4n) is 4.06. The highest BCUT2D eigenvalue weighted by Gasteiger charge is 2.54. The van der Waals surface area contributed by atoms with E-state index in [2.05, 4.69) is 4.90 Å². The van der Waals surface area contributed by atoms with Crippen molar-refractivity contribution >= 4 is 29.3 Å². The predicted molar refractivity (Wildman–Crippen MR) is 121 cm³/mol. The van der Waals surface area contributed by atoms with E-state index in [1.807, 2.05) is 54.6 Å². The molecule has 0 radical (unpaired) electrons. The van der Waals surface area contributed by atoms with Crippen LogP contribution in [0.25, 0.3) is 0 Å². The Morgan fingerprint density at radius 3 is 2.52 bits per heavy atom. The van der Waals surface area contributed by atoms with Gasteiger partial charge in [-0.25, -0.2) is 4.79 Å². The maximum absolute atomic E-state index is 14.0. The number of fused-ring (bicyclic) bond motifs is 1. The van der Waals surface area contributed by atoms with Crippen molar-refractivity contribution in [3.8, 4) is 0 Å². The number of hydrogen-bond donors (Lipinski definition) is 0. The number of carbonyl (C=O) groups excluding carboxylic acids is 2. The molecule has 2 aromatic rings. The fraction of sp³-hybridized carbons (Fsp3) is 0.417. The van der Waals surface area contributed by atoms with Crippen LogP contribution in [0.1, 0.15) is 12.5 Å². The van der Waals surface area contributed by atoms with E-state index in [0.717, 1.165) is 35.8 Å². The van der Waals surface area contributed by atoms with Gasteiger partial charge in [0.05, 0.1) is 25.5 Å². The fourth-order valence-corrected chi connectivity index (χ4v) is 5.44. The number of carbonyl (C=O) groups is 2. The Morgan fingerprint density at radius 1 is 1.06 bits per heavy atom. The van der Waals surface area contributed by atoms with E-state index in [1.54, 1.807) is 11.8 Å². The Hall–Kier alpha value is -2.35. The van der Waals surface area contributed by atoms with E-state index in [9.17, 15) is 9.59 Å². The molecule has 7 heteroatoms. The molecule has 0 bridgehead atoms. The molecular weight excluding hydrogens is 412 g/mol. The Labute approximate surface area is 187 Å². The van der Waals surface area contributed by atoms with Gasteiger partial charge in [0, 0.05) is 37.5 Å². The first kappa shape index (κ1) is 21.9. The first-order valence-electron chi connectivity index (χ1n) is 10.8. The van der Waals surface area contributed by atoms with E-state index in [0.29, 0.717) is 26.2 Å². The summed E-state index contributed by atoms with van der Waals surface area (Å²) < 4.78 is 9.55. The minimum atomic E-state index is -1.34. The van der Waals surface area contributed by atoms with Gasteiger partial charge in [-0.3, -0.25) is 9.69 Å². The lowest BCUT2D eigenvalue weighted by molar-refractivity contribution is -0.149. The molecule has 1 amide bonds. The van der Waals surface area contributed by atoms with E-state index < -0.39 is 10.7 Å². The van der Waals surface area contributed by atoms with Gasteiger partial charge >= 0.3 is 5.97 Å². The van der Waals surface area contributed by atoms with E-state index >= 15 is 0 Å². The molecular formula is C24H28N2O4S. The normalized spacial score (nSPS) is 21.6. The van der Waals surface area contributed by atoms with Crippen molar-refractivity contribution in [3.63, 3.8) is 0 Å². The molecule has 1 fully saturated rings. The molecule has 2 heterocycles. The second-order valence-corrected chi connectivity index (χ2v) is 9.03. The van der Waals surface area contributed by atoms with Crippen LogP contribution in [0, 0.1) is 0 Å². The van der Waals surface area contributed by atoms with Gasteiger partial charge in [0.1, 0.15) is 0 Å². The summed E-state index contributed by atoms with van der Waals surface area (Å²) in [6, 6.07) is 17.5. The SMILES string of the molecule is CCOC(=O)C1(Cc2ccccc2)Sc2ccccc2N(CCN2CCOCC2)C1=O. The van der Waals surface area contributed by atoms with Crippen LogP contribution in [0.2, 0.25) is 0 Å². The zero-order chi connectivity index (χ0) is 21.7. The largest absolute Gasteiger partial charge is 0.465 e. The lowest BCUT2D eigenvalue weighted by Gasteiger charge is -2.41. The monoisotopic (exact) mass is 440 g/mol. The van der Waals surface area contributed by atoms with Crippen LogP contribution in [0.5, 0.6) is 0 Å². The highest BCUT2D eigenvalue weighted by molar-refractivity contribution is 8.02. The molecule has 0 saturated carbocycles. The first-order chi connectivity index (χ1) is 15.1. The predicted octanol–water partition coefficient (Wildman–Crippen LogP) is 3.00. The van der Waals surface area contributed by atoms with Crippen molar-refractivity contribution in [1.29, 1.82) is 0 Å². The molecule has 0 N–H and O–H groups in total. The van der Waals surface area contributed by atoms with Crippen molar-refractivity contribution in [1.82, 2.24) is 4.90 Å². The van der Waals surface area contributed by atoms with Crippen molar-refractivity contribution in [2.75, 3.05) is 50.9 Å². The Balaban J connectivity index is 1.69. The molecule has 4 rings (SSSR count). The standard InChI is InChI=1S/C24H28N2O4S/c1-2-30-23(28)24(18-19-8-4-3-5-9-19)22(27)26(13-12-25-14-16-29-17-15-25)20-10-6-7-11-21(20)31-24/h3-11H,2,12-18H2,1H3.